The van der Waals surface area contributed by atoms with Gasteiger partial charge in [-0.1, -0.05) is 0 Å². The number of benzene rings is 1. The molecule has 34 heavy (non-hydrogen) atoms. The molecule has 6 nitrogen and oxygen atoms in total. The fourth-order valence-corrected chi connectivity index (χ4v) is 7.48. The molecule has 1 aromatic carbocycles. The van der Waals surface area contributed by atoms with Crippen LogP contribution in [0.3, 0.4) is 0 Å². The number of fused-ring (bicyclic) bond motifs is 1. The number of carbonyl (C=O) groups is 1. The number of ether oxygens (including phenoxy) is 1. The normalized spacial score (nSPS) is 34.1. The Morgan fingerprint density at radius 3 is 2.32 bits per heavy atom. The molecule has 0 N–H and O–H groups in total. The Balaban J connectivity index is 1.09. The first-order valence-electron chi connectivity index (χ1n) is 13.9. The van der Waals surface area contributed by atoms with Gasteiger partial charge in [-0.2, -0.15) is 0 Å². The third kappa shape index (κ3) is 4.38. The van der Waals surface area contributed by atoms with E-state index in [1.807, 2.05) is 0 Å². The zero-order valence-electron chi connectivity index (χ0n) is 20.9. The van der Waals surface area contributed by atoms with Crippen LogP contribution in [0.1, 0.15) is 51.9 Å². The van der Waals surface area contributed by atoms with E-state index in [2.05, 4.69) is 50.8 Å². The van der Waals surface area contributed by atoms with Crippen molar-refractivity contribution in [3.8, 4) is 0 Å². The van der Waals surface area contributed by atoms with Gasteiger partial charge in [0.2, 0.25) is 5.91 Å². The van der Waals surface area contributed by atoms with Crippen LogP contribution in [0.25, 0.3) is 0 Å². The first-order valence-corrected chi connectivity index (χ1v) is 13.9. The van der Waals surface area contributed by atoms with Gasteiger partial charge in [0.15, 0.2) is 0 Å². The summed E-state index contributed by atoms with van der Waals surface area (Å²) in [5.41, 5.74) is 2.39. The Morgan fingerprint density at radius 2 is 1.56 bits per heavy atom. The van der Waals surface area contributed by atoms with E-state index in [0.29, 0.717) is 23.9 Å². The van der Waals surface area contributed by atoms with Crippen molar-refractivity contribution in [1.82, 2.24) is 9.80 Å². The molecule has 6 heteroatoms. The van der Waals surface area contributed by atoms with Crippen molar-refractivity contribution in [2.24, 2.45) is 11.8 Å². The molecule has 0 spiro atoms. The van der Waals surface area contributed by atoms with E-state index in [1.54, 1.807) is 0 Å². The minimum atomic E-state index is 0.159. The zero-order chi connectivity index (χ0) is 23.1. The predicted molar refractivity (Wildman–Crippen MR) is 136 cm³/mol. The summed E-state index contributed by atoms with van der Waals surface area (Å²) in [6.07, 6.45) is 8.52. The van der Waals surface area contributed by atoms with Crippen LogP contribution in [0.2, 0.25) is 0 Å². The van der Waals surface area contributed by atoms with Gasteiger partial charge in [-0.05, 0) is 95.1 Å². The number of piperidine rings is 2. The second-order valence-corrected chi connectivity index (χ2v) is 11.4. The lowest BCUT2D eigenvalue weighted by Crippen LogP contribution is -2.56. The van der Waals surface area contributed by atoms with Crippen molar-refractivity contribution in [2.75, 3.05) is 62.3 Å². The summed E-state index contributed by atoms with van der Waals surface area (Å²) in [5.74, 6) is 1.07. The lowest BCUT2D eigenvalue weighted by molar-refractivity contribution is -0.129. The molecular formula is C28H42N4O2. The van der Waals surface area contributed by atoms with Gasteiger partial charge in [-0.3, -0.25) is 14.6 Å². The highest BCUT2D eigenvalue weighted by Crippen LogP contribution is 2.37. The summed E-state index contributed by atoms with van der Waals surface area (Å²) in [7, 11) is 0. The number of hydrogen-bond donors (Lipinski definition) is 0. The van der Waals surface area contributed by atoms with Crippen LogP contribution in [0.5, 0.6) is 0 Å². The highest BCUT2D eigenvalue weighted by atomic mass is 16.5. The molecule has 5 aliphatic rings. The summed E-state index contributed by atoms with van der Waals surface area (Å²) < 4.78 is 5.57. The standard InChI is InChI=1S/C28H42N4O2/c1-21-3-2-13-31(21)26-10-15-29(19-26)23-4-6-25(7-5-23)32-16-9-22-8-14-30(20-27(22)28(32)33)24-11-17-34-18-12-24/h4-7,21-22,24,26-27H,2-3,8-20H2,1H3/t21-,22?,26-,27?/m0/s1. The van der Waals surface area contributed by atoms with Gasteiger partial charge in [0.1, 0.15) is 0 Å². The number of carbonyl (C=O) groups excluding carboxylic acids is 1. The SMILES string of the molecule is C[C@H]1CCCN1[C@H]1CCN(c2ccc(N3CCC4CCN(C5CCOCC5)CC4C3=O)cc2)C1. The second-order valence-electron chi connectivity index (χ2n) is 11.4. The van der Waals surface area contributed by atoms with Crippen molar-refractivity contribution >= 4 is 17.3 Å². The molecule has 2 unspecified atom stereocenters. The minimum absolute atomic E-state index is 0.159. The lowest BCUT2D eigenvalue weighted by Gasteiger charge is -2.46. The van der Waals surface area contributed by atoms with Crippen LogP contribution in [0.4, 0.5) is 11.4 Å². The molecule has 0 aliphatic carbocycles. The highest BCUT2D eigenvalue weighted by molar-refractivity contribution is 5.96. The molecule has 0 bridgehead atoms. The first-order chi connectivity index (χ1) is 16.7. The summed E-state index contributed by atoms with van der Waals surface area (Å²) in [6.45, 7) is 10.6. The summed E-state index contributed by atoms with van der Waals surface area (Å²) >= 11 is 0. The Labute approximate surface area is 205 Å². The number of hydrogen-bond acceptors (Lipinski definition) is 5. The number of nitrogens with zero attached hydrogens (tertiary/aromatic N) is 4. The minimum Gasteiger partial charge on any atom is -0.381 e. The molecule has 5 fully saturated rings. The van der Waals surface area contributed by atoms with Crippen LogP contribution in [0.15, 0.2) is 24.3 Å². The molecule has 6 rings (SSSR count). The molecule has 0 aromatic heterocycles. The van der Waals surface area contributed by atoms with E-state index < -0.39 is 0 Å². The molecule has 5 heterocycles. The Bertz CT molecular complexity index is 854. The lowest BCUT2D eigenvalue weighted by atomic mass is 9.78. The van der Waals surface area contributed by atoms with Gasteiger partial charge < -0.3 is 14.5 Å². The predicted octanol–water partition coefficient (Wildman–Crippen LogP) is 3.60. The number of rotatable bonds is 4. The average molecular weight is 467 g/mol. The van der Waals surface area contributed by atoms with E-state index in [-0.39, 0.29) is 5.92 Å². The monoisotopic (exact) mass is 466 g/mol. The summed E-state index contributed by atoms with van der Waals surface area (Å²) in [4.78, 5) is 23.6. The van der Waals surface area contributed by atoms with Crippen LogP contribution in [-0.2, 0) is 9.53 Å². The third-order valence-electron chi connectivity index (χ3n) is 9.56. The van der Waals surface area contributed by atoms with Gasteiger partial charge in [-0.15, -0.1) is 0 Å². The summed E-state index contributed by atoms with van der Waals surface area (Å²) in [5, 5.41) is 0. The first kappa shape index (κ1) is 22.8. The fraction of sp³-hybridized carbons (Fsp3) is 0.750. The van der Waals surface area contributed by atoms with Crippen LogP contribution < -0.4 is 9.80 Å². The molecule has 0 radical (unpaired) electrons. The average Bonchev–Trinajstić information content (AvgIpc) is 3.54. The molecule has 4 atom stereocenters. The number of amides is 1. The fourth-order valence-electron chi connectivity index (χ4n) is 7.48. The molecule has 186 valence electrons. The molecule has 1 amide bonds. The Hall–Kier alpha value is -1.63. The van der Waals surface area contributed by atoms with Gasteiger partial charge in [0, 0.05) is 68.9 Å². The maximum Gasteiger partial charge on any atom is 0.231 e. The van der Waals surface area contributed by atoms with Crippen LogP contribution in [0, 0.1) is 11.8 Å². The van der Waals surface area contributed by atoms with E-state index in [9.17, 15) is 4.79 Å². The Kier molecular flexibility index (Phi) is 6.57. The quantitative estimate of drug-likeness (QED) is 0.678. The molecule has 1 aromatic rings. The molecule has 5 saturated heterocycles. The number of anilines is 2. The zero-order valence-corrected chi connectivity index (χ0v) is 20.9. The van der Waals surface area contributed by atoms with Gasteiger partial charge >= 0.3 is 0 Å². The number of likely N-dealkylation sites (tertiary alicyclic amines) is 2. The maximum absolute atomic E-state index is 13.6. The topological polar surface area (TPSA) is 39.3 Å². The molecular weight excluding hydrogens is 424 g/mol. The van der Waals surface area contributed by atoms with Gasteiger partial charge in [0.05, 0.1) is 5.92 Å². The van der Waals surface area contributed by atoms with Gasteiger partial charge in [-0.25, -0.2) is 0 Å². The maximum atomic E-state index is 13.6. The van der Waals surface area contributed by atoms with Crippen molar-refractivity contribution < 1.29 is 9.53 Å². The third-order valence-corrected chi connectivity index (χ3v) is 9.56. The largest absolute Gasteiger partial charge is 0.381 e. The van der Waals surface area contributed by atoms with Gasteiger partial charge in [0.25, 0.3) is 0 Å². The van der Waals surface area contributed by atoms with Crippen molar-refractivity contribution in [3.05, 3.63) is 24.3 Å². The van der Waals surface area contributed by atoms with Crippen LogP contribution >= 0.6 is 0 Å². The van der Waals surface area contributed by atoms with E-state index in [4.69, 9.17) is 4.74 Å². The van der Waals surface area contributed by atoms with Crippen molar-refractivity contribution in [1.29, 1.82) is 0 Å². The molecule has 5 aliphatic heterocycles. The smallest absolute Gasteiger partial charge is 0.231 e. The van der Waals surface area contributed by atoms with Crippen molar-refractivity contribution in [2.45, 2.75) is 70.0 Å². The van der Waals surface area contributed by atoms with E-state index in [1.165, 1.54) is 37.9 Å². The second kappa shape index (κ2) is 9.79. The Morgan fingerprint density at radius 1 is 0.794 bits per heavy atom. The van der Waals surface area contributed by atoms with Crippen molar-refractivity contribution in [3.63, 3.8) is 0 Å². The highest BCUT2D eigenvalue weighted by Gasteiger charge is 2.42. The molecule has 0 saturated carbocycles. The summed E-state index contributed by atoms with van der Waals surface area (Å²) in [6, 6.07) is 10.9. The van der Waals surface area contributed by atoms with E-state index >= 15 is 0 Å². The van der Waals surface area contributed by atoms with Crippen LogP contribution in [-0.4, -0.2) is 86.3 Å². The van der Waals surface area contributed by atoms with E-state index in [0.717, 1.165) is 76.9 Å².